The van der Waals surface area contributed by atoms with Crippen molar-refractivity contribution in [3.05, 3.63) is 48.0 Å². The molecular formula is C16H18N2. The maximum atomic E-state index is 2.28. The fourth-order valence-electron chi connectivity index (χ4n) is 2.76. The van der Waals surface area contributed by atoms with Crippen molar-refractivity contribution in [2.45, 2.75) is 6.54 Å². The summed E-state index contributed by atoms with van der Waals surface area (Å²) in [5.41, 5.74) is 4.02. The average molecular weight is 238 g/mol. The molecule has 0 N–H and O–H groups in total. The summed E-state index contributed by atoms with van der Waals surface area (Å²) >= 11 is 0. The Morgan fingerprint density at radius 2 is 1.67 bits per heavy atom. The molecule has 0 spiro atoms. The summed E-state index contributed by atoms with van der Waals surface area (Å²) in [5.74, 6) is 0. The molecule has 0 aliphatic heterocycles. The molecule has 2 heteroatoms. The maximum Gasteiger partial charge on any atom is 0.0492 e. The minimum atomic E-state index is 0.978. The molecule has 1 heterocycles. The van der Waals surface area contributed by atoms with Crippen molar-refractivity contribution in [2.24, 2.45) is 7.05 Å². The summed E-state index contributed by atoms with van der Waals surface area (Å²) in [7, 11) is 6.37. The number of benzene rings is 2. The third-order valence-electron chi connectivity index (χ3n) is 3.51. The molecule has 3 aromatic rings. The van der Waals surface area contributed by atoms with Crippen LogP contribution in [0, 0.1) is 0 Å². The van der Waals surface area contributed by atoms with Crippen molar-refractivity contribution in [3.63, 3.8) is 0 Å². The van der Waals surface area contributed by atoms with Gasteiger partial charge in [0.15, 0.2) is 0 Å². The van der Waals surface area contributed by atoms with Crippen molar-refractivity contribution in [1.82, 2.24) is 9.47 Å². The lowest BCUT2D eigenvalue weighted by Crippen LogP contribution is -2.10. The fourth-order valence-corrected chi connectivity index (χ4v) is 2.76. The van der Waals surface area contributed by atoms with Gasteiger partial charge in [-0.1, -0.05) is 30.3 Å². The Labute approximate surface area is 107 Å². The number of nitrogens with zero attached hydrogens (tertiary/aromatic N) is 2. The molecule has 0 unspecified atom stereocenters. The Balaban J connectivity index is 2.42. The summed E-state index contributed by atoms with van der Waals surface area (Å²) in [6.07, 6.45) is 0. The Morgan fingerprint density at radius 1 is 0.944 bits per heavy atom. The minimum Gasteiger partial charge on any atom is -0.344 e. The number of fused-ring (bicyclic) bond motifs is 3. The molecular weight excluding hydrogens is 220 g/mol. The normalized spacial score (nSPS) is 11.8. The lowest BCUT2D eigenvalue weighted by Gasteiger charge is -2.11. The van der Waals surface area contributed by atoms with E-state index in [0.29, 0.717) is 0 Å². The van der Waals surface area contributed by atoms with Crippen LogP contribution in [0.4, 0.5) is 0 Å². The fraction of sp³-hybridized carbons (Fsp3) is 0.250. The molecule has 0 aliphatic rings. The monoisotopic (exact) mass is 238 g/mol. The van der Waals surface area contributed by atoms with Gasteiger partial charge >= 0.3 is 0 Å². The molecule has 0 saturated heterocycles. The van der Waals surface area contributed by atoms with E-state index in [9.17, 15) is 0 Å². The molecule has 3 rings (SSSR count). The number of aromatic nitrogens is 1. The van der Waals surface area contributed by atoms with E-state index in [-0.39, 0.29) is 0 Å². The molecule has 18 heavy (non-hydrogen) atoms. The number of hydrogen-bond acceptors (Lipinski definition) is 1. The van der Waals surface area contributed by atoms with Crippen molar-refractivity contribution in [3.8, 4) is 0 Å². The Kier molecular flexibility index (Phi) is 2.60. The number of hydrogen-bond donors (Lipinski definition) is 0. The highest BCUT2D eigenvalue weighted by Crippen LogP contribution is 2.30. The first-order valence-corrected chi connectivity index (χ1v) is 6.28. The zero-order chi connectivity index (χ0) is 12.7. The molecule has 0 saturated carbocycles. The first kappa shape index (κ1) is 11.3. The van der Waals surface area contributed by atoms with Gasteiger partial charge in [0.1, 0.15) is 0 Å². The molecule has 0 bridgehead atoms. The first-order chi connectivity index (χ1) is 8.68. The van der Waals surface area contributed by atoms with Crippen LogP contribution in [0.2, 0.25) is 0 Å². The molecule has 0 fully saturated rings. The van der Waals surface area contributed by atoms with E-state index in [2.05, 4.69) is 73.1 Å². The Hall–Kier alpha value is -1.80. The van der Waals surface area contributed by atoms with Gasteiger partial charge in [0.05, 0.1) is 0 Å². The lowest BCUT2D eigenvalue weighted by atomic mass is 10.1. The lowest BCUT2D eigenvalue weighted by molar-refractivity contribution is 0.404. The summed E-state index contributed by atoms with van der Waals surface area (Å²) < 4.78 is 2.28. The standard InChI is InChI=1S/C16H18N2/c1-17(2)11-12-7-6-10-15-16(12)13-8-4-5-9-14(13)18(15)3/h4-10H,11H2,1-3H3. The van der Waals surface area contributed by atoms with E-state index < -0.39 is 0 Å². The predicted molar refractivity (Wildman–Crippen MR) is 77.8 cm³/mol. The van der Waals surface area contributed by atoms with Gasteiger partial charge in [-0.05, 0) is 31.8 Å². The van der Waals surface area contributed by atoms with Gasteiger partial charge in [0.25, 0.3) is 0 Å². The molecule has 92 valence electrons. The van der Waals surface area contributed by atoms with Crippen LogP contribution >= 0.6 is 0 Å². The molecule has 0 atom stereocenters. The second kappa shape index (κ2) is 4.14. The second-order valence-electron chi connectivity index (χ2n) is 5.13. The van der Waals surface area contributed by atoms with E-state index in [0.717, 1.165) is 6.54 Å². The smallest absolute Gasteiger partial charge is 0.0492 e. The van der Waals surface area contributed by atoms with Crippen LogP contribution in [-0.4, -0.2) is 23.6 Å². The number of rotatable bonds is 2. The van der Waals surface area contributed by atoms with Gasteiger partial charge < -0.3 is 9.47 Å². The minimum absolute atomic E-state index is 0.978. The summed E-state index contributed by atoms with van der Waals surface area (Å²) in [5, 5.41) is 2.75. The van der Waals surface area contributed by atoms with Gasteiger partial charge in [-0.3, -0.25) is 0 Å². The van der Waals surface area contributed by atoms with Crippen LogP contribution in [0.25, 0.3) is 21.8 Å². The molecule has 1 aromatic heterocycles. The molecule has 2 aromatic carbocycles. The largest absolute Gasteiger partial charge is 0.344 e. The van der Waals surface area contributed by atoms with E-state index in [1.165, 1.54) is 27.4 Å². The van der Waals surface area contributed by atoms with Gasteiger partial charge in [0, 0.05) is 35.4 Å². The Morgan fingerprint density at radius 3 is 2.44 bits per heavy atom. The number of para-hydroxylation sites is 1. The predicted octanol–water partition coefficient (Wildman–Crippen LogP) is 3.39. The van der Waals surface area contributed by atoms with E-state index in [1.807, 2.05) is 0 Å². The molecule has 0 aliphatic carbocycles. The first-order valence-electron chi connectivity index (χ1n) is 6.28. The van der Waals surface area contributed by atoms with Crippen molar-refractivity contribution >= 4 is 21.8 Å². The zero-order valence-electron chi connectivity index (χ0n) is 11.1. The summed E-state index contributed by atoms with van der Waals surface area (Å²) in [6.45, 7) is 0.978. The van der Waals surface area contributed by atoms with Crippen molar-refractivity contribution < 1.29 is 0 Å². The maximum absolute atomic E-state index is 2.28. The Bertz CT molecular complexity index is 708. The van der Waals surface area contributed by atoms with Gasteiger partial charge in [-0.25, -0.2) is 0 Å². The van der Waals surface area contributed by atoms with Crippen LogP contribution in [0.3, 0.4) is 0 Å². The van der Waals surface area contributed by atoms with Gasteiger partial charge in [0.2, 0.25) is 0 Å². The summed E-state index contributed by atoms with van der Waals surface area (Å²) in [6, 6.07) is 15.2. The zero-order valence-corrected chi connectivity index (χ0v) is 11.1. The highest BCUT2D eigenvalue weighted by Gasteiger charge is 2.11. The van der Waals surface area contributed by atoms with E-state index in [1.54, 1.807) is 0 Å². The van der Waals surface area contributed by atoms with Crippen molar-refractivity contribution in [1.29, 1.82) is 0 Å². The van der Waals surface area contributed by atoms with Crippen LogP contribution in [0.5, 0.6) is 0 Å². The highest BCUT2D eigenvalue weighted by molar-refractivity contribution is 6.09. The quantitative estimate of drug-likeness (QED) is 0.664. The van der Waals surface area contributed by atoms with E-state index in [4.69, 9.17) is 0 Å². The van der Waals surface area contributed by atoms with E-state index >= 15 is 0 Å². The second-order valence-corrected chi connectivity index (χ2v) is 5.13. The topological polar surface area (TPSA) is 8.17 Å². The van der Waals surface area contributed by atoms with Gasteiger partial charge in [-0.2, -0.15) is 0 Å². The third kappa shape index (κ3) is 1.61. The molecule has 2 nitrogen and oxygen atoms in total. The summed E-state index contributed by atoms with van der Waals surface area (Å²) in [4.78, 5) is 2.22. The number of aryl methyl sites for hydroxylation is 1. The van der Waals surface area contributed by atoms with Gasteiger partial charge in [-0.15, -0.1) is 0 Å². The third-order valence-corrected chi connectivity index (χ3v) is 3.51. The SMILES string of the molecule is CN(C)Cc1cccc2c1c1ccccc1n2C. The van der Waals surface area contributed by atoms with Crippen LogP contribution in [0.1, 0.15) is 5.56 Å². The average Bonchev–Trinajstić information content (AvgIpc) is 2.65. The molecule has 0 radical (unpaired) electrons. The highest BCUT2D eigenvalue weighted by atomic mass is 15.0. The molecule has 0 amide bonds. The van der Waals surface area contributed by atoms with Crippen molar-refractivity contribution in [2.75, 3.05) is 14.1 Å². The van der Waals surface area contributed by atoms with Crippen LogP contribution < -0.4 is 0 Å². The van der Waals surface area contributed by atoms with Crippen LogP contribution in [-0.2, 0) is 13.6 Å². The van der Waals surface area contributed by atoms with Crippen LogP contribution in [0.15, 0.2) is 42.5 Å².